The van der Waals surface area contributed by atoms with Crippen LogP contribution in [-0.2, 0) is 28.2 Å². The summed E-state index contributed by atoms with van der Waals surface area (Å²) in [7, 11) is -5.30. The van der Waals surface area contributed by atoms with E-state index < -0.39 is 39.1 Å². The molecule has 1 atom stereocenters. The third-order valence-corrected chi connectivity index (χ3v) is 4.93. The van der Waals surface area contributed by atoms with Crippen LogP contribution < -0.4 is 75.1 Å². The Hall–Kier alpha value is -1.19. The molecule has 0 spiro atoms. The number of carbonyl (C=O) groups excluding carboxylic acids is 2. The van der Waals surface area contributed by atoms with Gasteiger partial charge in [0.05, 0.1) is 14.4 Å². The first kappa shape index (κ1) is 44.8. The Labute approximate surface area is 290 Å². The molecule has 0 aliphatic heterocycles. The second-order valence-electron chi connectivity index (χ2n) is 7.53. The van der Waals surface area contributed by atoms with E-state index in [0.29, 0.717) is 6.42 Å². The minimum atomic E-state index is -5.30. The molecule has 0 unspecified atom stereocenters. The van der Waals surface area contributed by atoms with Crippen molar-refractivity contribution in [2.45, 2.75) is 83.7 Å². The van der Waals surface area contributed by atoms with Crippen LogP contribution in [0.25, 0.3) is 0 Å². The van der Waals surface area contributed by atoms with Gasteiger partial charge in [-0.1, -0.05) is 64.7 Å². The molecular weight excluding hydrogens is 543 g/mol. The standard InChI is InChI=1S/C27H33O8P.H3N.2Na.9H2/c1-3-5-7-9-11-13-14-16-18-20-22-27(29)35-25(24-34-36(30,31)32)23-33-26(28)21-19-17-15-12-10-8-6-4-2;;;;;;;;;;;;/h2,25H,3,5,7,9,11,13-14,16,18,20,22-24H2,1H3,(H2,30,31,32);1H3;;;9*1H/q;;2*+1;;;;;;;;;/p-2/t25-;;;;;;;;;;;;/m0............/s1. The number of phosphoric acid groups is 1. The van der Waals surface area contributed by atoms with Gasteiger partial charge in [-0.15, -0.1) is 6.42 Å². The zero-order chi connectivity index (χ0) is 26.9. The maximum atomic E-state index is 12.1. The van der Waals surface area contributed by atoms with Gasteiger partial charge in [0, 0.05) is 25.2 Å². The van der Waals surface area contributed by atoms with Crippen LogP contribution in [0.4, 0.5) is 0 Å². The zero-order valence-electron chi connectivity index (χ0n) is 23.3. The molecule has 0 heterocycles. The van der Waals surface area contributed by atoms with E-state index >= 15 is 0 Å². The normalized spacial score (nSPS) is 9.59. The first-order valence-electron chi connectivity index (χ1n) is 11.8. The monoisotopic (exact) mass is 595 g/mol. The van der Waals surface area contributed by atoms with E-state index in [9.17, 15) is 23.9 Å². The Bertz CT molecular complexity index is 1060. The van der Waals surface area contributed by atoms with Crippen LogP contribution >= 0.6 is 7.82 Å². The van der Waals surface area contributed by atoms with Crippen LogP contribution in [0, 0.1) is 59.7 Å². The average Bonchev–Trinajstić information content (AvgIpc) is 2.83. The van der Waals surface area contributed by atoms with Crippen molar-refractivity contribution in [3.63, 3.8) is 0 Å². The summed E-state index contributed by atoms with van der Waals surface area (Å²) in [5.41, 5.74) is 0. The van der Waals surface area contributed by atoms with Crippen molar-refractivity contribution in [2.75, 3.05) is 13.2 Å². The number of hydrogen-bond donors (Lipinski definition) is 1. The van der Waals surface area contributed by atoms with Crippen LogP contribution in [0.1, 0.15) is 90.4 Å². The molecule has 9 nitrogen and oxygen atoms in total. The van der Waals surface area contributed by atoms with E-state index in [1.54, 1.807) is 0 Å². The quantitative estimate of drug-likeness (QED) is 0.0534. The fourth-order valence-corrected chi connectivity index (χ4v) is 3.12. The minimum absolute atomic E-state index is 0. The van der Waals surface area contributed by atoms with Crippen LogP contribution in [0.3, 0.4) is 0 Å². The Morgan fingerprint density at radius 2 is 1.31 bits per heavy atom. The third-order valence-electron chi connectivity index (χ3n) is 4.46. The van der Waals surface area contributed by atoms with Gasteiger partial charge in [-0.2, -0.15) is 0 Å². The maximum absolute atomic E-state index is 12.1. The Morgan fingerprint density at radius 3 is 1.82 bits per heavy atom. The Balaban J connectivity index is -0.0000000928. The van der Waals surface area contributed by atoms with Crippen molar-refractivity contribution < 1.29 is 110 Å². The Morgan fingerprint density at radius 1 is 0.821 bits per heavy atom. The molecule has 0 radical (unpaired) electrons. The third kappa shape index (κ3) is 34.8. The summed E-state index contributed by atoms with van der Waals surface area (Å²) in [6, 6.07) is 0. The first-order chi connectivity index (χ1) is 17.3. The van der Waals surface area contributed by atoms with Crippen LogP contribution in [-0.4, -0.2) is 31.3 Å². The summed E-state index contributed by atoms with van der Waals surface area (Å²) in [4.78, 5) is 45.3. The van der Waals surface area contributed by atoms with E-state index in [4.69, 9.17) is 15.9 Å². The van der Waals surface area contributed by atoms with Crippen molar-refractivity contribution in [1.82, 2.24) is 6.15 Å². The summed E-state index contributed by atoms with van der Waals surface area (Å²) in [6.07, 6.45) is 14.7. The van der Waals surface area contributed by atoms with Crippen molar-refractivity contribution in [2.24, 2.45) is 0 Å². The number of carbonyl (C=O) groups is 2. The summed E-state index contributed by atoms with van der Waals surface area (Å²) < 4.78 is 24.8. The molecule has 0 bridgehead atoms. The Kier molecular flexibility index (Phi) is 36.0. The number of esters is 2. The van der Waals surface area contributed by atoms with Crippen molar-refractivity contribution >= 4 is 19.8 Å². The molecule has 0 aliphatic rings. The first-order valence-corrected chi connectivity index (χ1v) is 13.2. The maximum Gasteiger partial charge on any atom is 1.00 e. The zero-order valence-corrected chi connectivity index (χ0v) is 28.2. The topological polar surface area (TPSA) is 160 Å². The molecule has 0 amide bonds. The van der Waals surface area contributed by atoms with Crippen molar-refractivity contribution in [3.05, 3.63) is 0 Å². The van der Waals surface area contributed by atoms with Crippen LogP contribution in [0.15, 0.2) is 0 Å². The van der Waals surface area contributed by atoms with Crippen molar-refractivity contribution in [3.8, 4) is 59.7 Å². The van der Waals surface area contributed by atoms with Gasteiger partial charge in [-0.3, -0.25) is 4.79 Å². The second kappa shape index (κ2) is 31.3. The molecule has 12 heteroatoms. The molecule has 0 aromatic heterocycles. The largest absolute Gasteiger partial charge is 1.00 e. The predicted octanol–water partition coefficient (Wildman–Crippen LogP) is -1.37. The summed E-state index contributed by atoms with van der Waals surface area (Å²) in [6.45, 7) is 0.861. The minimum Gasteiger partial charge on any atom is -0.790 e. The van der Waals surface area contributed by atoms with Gasteiger partial charge in [-0.05, 0) is 53.8 Å². The number of hydrogen-bond acceptors (Lipinski definition) is 9. The molecule has 0 aromatic carbocycles. The molecule has 220 valence electrons. The fourth-order valence-electron chi connectivity index (χ4n) is 2.77. The molecule has 39 heavy (non-hydrogen) atoms. The van der Waals surface area contributed by atoms with Crippen LogP contribution in [0.5, 0.6) is 0 Å². The molecule has 0 rings (SSSR count). The van der Waals surface area contributed by atoms with Gasteiger partial charge in [0.25, 0.3) is 0 Å². The van der Waals surface area contributed by atoms with Gasteiger partial charge in [-0.25, -0.2) is 4.79 Å². The molecule has 0 saturated heterocycles. The van der Waals surface area contributed by atoms with Gasteiger partial charge in [0.2, 0.25) is 0 Å². The second-order valence-corrected chi connectivity index (χ2v) is 8.68. The molecule has 3 N–H and O–H groups in total. The van der Waals surface area contributed by atoms with Crippen molar-refractivity contribution in [1.29, 1.82) is 0 Å². The van der Waals surface area contributed by atoms with E-state index in [1.165, 1.54) is 38.5 Å². The molecular formula is C27H52NNa2O8P. The molecule has 0 fully saturated rings. The number of terminal acetylenes is 1. The van der Waals surface area contributed by atoms with Gasteiger partial charge in [0.1, 0.15) is 6.61 Å². The molecule has 0 aromatic rings. The van der Waals surface area contributed by atoms with Gasteiger partial charge >= 0.3 is 71.1 Å². The summed E-state index contributed by atoms with van der Waals surface area (Å²) in [5.74, 6) is 18.6. The predicted molar refractivity (Wildman–Crippen MR) is 155 cm³/mol. The van der Waals surface area contributed by atoms with E-state index in [2.05, 4.69) is 64.7 Å². The van der Waals surface area contributed by atoms with E-state index in [1.807, 2.05) is 0 Å². The smallest absolute Gasteiger partial charge is 0.790 e. The summed E-state index contributed by atoms with van der Waals surface area (Å²) >= 11 is 0. The fraction of sp³-hybridized carbons (Fsp3) is 0.556. The number of unbranched alkanes of at least 4 members (excludes halogenated alkanes) is 9. The molecule has 0 saturated carbocycles. The van der Waals surface area contributed by atoms with Gasteiger partial charge in [0.15, 0.2) is 6.10 Å². The molecule has 0 aliphatic carbocycles. The average molecular weight is 596 g/mol. The SMILES string of the molecule is C#CC#CC#CC#CC#CC(=O)OC[C@@H](COP(=O)([O-])[O-])OC(=O)CCCCCCCCCCCC.N.[HH].[HH].[HH].[HH].[HH].[HH].[HH].[HH].[HH].[Na+].[Na+]. The summed E-state index contributed by atoms with van der Waals surface area (Å²) in [5, 5.41) is 0. The van der Waals surface area contributed by atoms with E-state index in [-0.39, 0.29) is 84.5 Å². The number of ether oxygens (including phenoxy) is 2. The number of rotatable bonds is 17. The number of phosphoric ester groups is 1. The van der Waals surface area contributed by atoms with Crippen LogP contribution in [0.2, 0.25) is 0 Å². The van der Waals surface area contributed by atoms with E-state index in [0.717, 1.165) is 19.3 Å². The van der Waals surface area contributed by atoms with Gasteiger partial charge < -0.3 is 34.5 Å².